The van der Waals surface area contributed by atoms with Crippen molar-refractivity contribution in [1.82, 2.24) is 19.6 Å². The molecule has 0 atom stereocenters. The van der Waals surface area contributed by atoms with Crippen molar-refractivity contribution in [3.63, 3.8) is 0 Å². The number of nitrogens with zero attached hydrogens (tertiary/aromatic N) is 4. The third kappa shape index (κ3) is 1.50. The smallest absolute Gasteiger partial charge is 0.321 e. The van der Waals surface area contributed by atoms with E-state index in [0.717, 1.165) is 5.52 Å². The van der Waals surface area contributed by atoms with Gasteiger partial charge in [0.1, 0.15) is 0 Å². The summed E-state index contributed by atoms with van der Waals surface area (Å²) < 4.78 is 6.81. The van der Waals surface area contributed by atoms with Gasteiger partial charge in [-0.1, -0.05) is 28.3 Å². The highest BCUT2D eigenvalue weighted by Gasteiger charge is 2.14. The maximum Gasteiger partial charge on any atom is 0.321 e. The number of ether oxygens (including phenoxy) is 1. The Morgan fingerprint density at radius 1 is 1.24 bits per heavy atom. The van der Waals surface area contributed by atoms with E-state index in [2.05, 4.69) is 15.2 Å². The number of halogens is 2. The minimum Gasteiger partial charge on any atom is -0.467 e. The molecule has 0 N–H and O–H groups in total. The zero-order valence-corrected chi connectivity index (χ0v) is 10.2. The number of methoxy groups -OCH3 is 1. The molecular formula is C10H6Cl2N4O. The van der Waals surface area contributed by atoms with Crippen LogP contribution in [0.15, 0.2) is 18.2 Å². The van der Waals surface area contributed by atoms with E-state index in [4.69, 9.17) is 27.9 Å². The van der Waals surface area contributed by atoms with Crippen LogP contribution in [0.1, 0.15) is 0 Å². The summed E-state index contributed by atoms with van der Waals surface area (Å²) in [6.07, 6.45) is 0. The molecule has 7 heteroatoms. The number of hydrogen-bond acceptors (Lipinski definition) is 4. The molecule has 0 radical (unpaired) electrons. The highest BCUT2D eigenvalue weighted by Crippen LogP contribution is 2.26. The van der Waals surface area contributed by atoms with E-state index in [1.807, 2.05) is 0 Å². The van der Waals surface area contributed by atoms with Gasteiger partial charge in [-0.15, -0.1) is 5.10 Å². The van der Waals surface area contributed by atoms with Gasteiger partial charge in [0.05, 0.1) is 18.1 Å². The Hall–Kier alpha value is -1.59. The molecule has 0 spiro atoms. The second-order valence-electron chi connectivity index (χ2n) is 3.38. The van der Waals surface area contributed by atoms with Gasteiger partial charge in [-0.25, -0.2) is 9.38 Å². The summed E-state index contributed by atoms with van der Waals surface area (Å²) in [5.74, 6) is 0. The Kier molecular flexibility index (Phi) is 2.31. The molecule has 0 aliphatic carbocycles. The Bertz CT molecular complexity index is 725. The summed E-state index contributed by atoms with van der Waals surface area (Å²) in [6.45, 7) is 0. The van der Waals surface area contributed by atoms with Crippen molar-refractivity contribution in [3.8, 4) is 6.01 Å². The first-order valence-electron chi connectivity index (χ1n) is 4.74. The van der Waals surface area contributed by atoms with Crippen LogP contribution >= 0.6 is 23.2 Å². The molecule has 0 amide bonds. The van der Waals surface area contributed by atoms with E-state index in [0.29, 0.717) is 22.2 Å². The fraction of sp³-hybridized carbons (Fsp3) is 0.100. The second-order valence-corrected chi connectivity index (χ2v) is 4.18. The Labute approximate surface area is 106 Å². The fourth-order valence-corrected chi connectivity index (χ4v) is 2.06. The summed E-state index contributed by atoms with van der Waals surface area (Å²) in [4.78, 5) is 4.22. The molecule has 0 aliphatic rings. The quantitative estimate of drug-likeness (QED) is 0.681. The van der Waals surface area contributed by atoms with Crippen LogP contribution in [0.4, 0.5) is 0 Å². The van der Waals surface area contributed by atoms with E-state index >= 15 is 0 Å². The monoisotopic (exact) mass is 268 g/mol. The molecule has 5 nitrogen and oxygen atoms in total. The normalized spacial score (nSPS) is 11.2. The first kappa shape index (κ1) is 10.6. The largest absolute Gasteiger partial charge is 0.467 e. The van der Waals surface area contributed by atoms with Crippen LogP contribution < -0.4 is 4.74 Å². The summed E-state index contributed by atoms with van der Waals surface area (Å²) in [7, 11) is 1.52. The third-order valence-corrected chi connectivity index (χ3v) is 2.89. The lowest BCUT2D eigenvalue weighted by Gasteiger charge is -2.04. The number of hydrogen-bond donors (Lipinski definition) is 0. The number of benzene rings is 1. The van der Waals surface area contributed by atoms with Crippen LogP contribution in [-0.4, -0.2) is 26.7 Å². The van der Waals surface area contributed by atoms with Crippen molar-refractivity contribution < 1.29 is 4.74 Å². The van der Waals surface area contributed by atoms with E-state index in [1.165, 1.54) is 7.11 Å². The number of rotatable bonds is 1. The van der Waals surface area contributed by atoms with Crippen molar-refractivity contribution in [1.29, 1.82) is 0 Å². The van der Waals surface area contributed by atoms with Crippen LogP contribution in [0.25, 0.3) is 16.7 Å². The van der Waals surface area contributed by atoms with Crippen LogP contribution in [0.5, 0.6) is 6.01 Å². The molecule has 3 aromatic rings. The lowest BCUT2D eigenvalue weighted by atomic mass is 10.3. The van der Waals surface area contributed by atoms with Crippen molar-refractivity contribution >= 4 is 39.9 Å². The first-order valence-corrected chi connectivity index (χ1v) is 5.50. The molecule has 2 heterocycles. The second kappa shape index (κ2) is 3.72. The minimum absolute atomic E-state index is 0.274. The predicted octanol–water partition coefficient (Wildman–Crippen LogP) is 2.59. The Morgan fingerprint density at radius 3 is 2.82 bits per heavy atom. The predicted molar refractivity (Wildman–Crippen MR) is 64.9 cm³/mol. The molecule has 1 aromatic carbocycles. The van der Waals surface area contributed by atoms with Crippen molar-refractivity contribution in [2.24, 2.45) is 0 Å². The lowest BCUT2D eigenvalue weighted by Crippen LogP contribution is -1.96. The van der Waals surface area contributed by atoms with Gasteiger partial charge in [0.2, 0.25) is 5.65 Å². The topological polar surface area (TPSA) is 52.3 Å². The SMILES string of the molecule is COc1nnc2c(Cl)nc3ccc(Cl)cc3n12. The summed E-state index contributed by atoms with van der Waals surface area (Å²) in [5.41, 5.74) is 1.89. The van der Waals surface area contributed by atoms with Gasteiger partial charge >= 0.3 is 6.01 Å². The number of aromatic nitrogens is 4. The first-order chi connectivity index (χ1) is 8.20. The maximum atomic E-state index is 6.02. The molecule has 2 aromatic heterocycles. The van der Waals surface area contributed by atoms with E-state index in [-0.39, 0.29) is 5.15 Å². The van der Waals surface area contributed by atoms with Crippen LogP contribution in [0, 0.1) is 0 Å². The molecular weight excluding hydrogens is 263 g/mol. The molecule has 0 bridgehead atoms. The average molecular weight is 269 g/mol. The standard InChI is InChI=1S/C10H6Cl2N4O/c1-17-10-15-14-9-8(12)13-6-3-2-5(11)4-7(6)16(9)10/h2-4H,1H3. The van der Waals surface area contributed by atoms with E-state index < -0.39 is 0 Å². The van der Waals surface area contributed by atoms with Gasteiger partial charge in [-0.3, -0.25) is 0 Å². The maximum absolute atomic E-state index is 6.02. The van der Waals surface area contributed by atoms with Crippen LogP contribution in [0.3, 0.4) is 0 Å². The molecule has 0 saturated heterocycles. The highest BCUT2D eigenvalue weighted by atomic mass is 35.5. The Balaban J connectivity index is 2.58. The van der Waals surface area contributed by atoms with Crippen molar-refractivity contribution in [3.05, 3.63) is 28.4 Å². The van der Waals surface area contributed by atoms with Crippen molar-refractivity contribution in [2.75, 3.05) is 7.11 Å². The van der Waals surface area contributed by atoms with Gasteiger partial charge < -0.3 is 4.74 Å². The van der Waals surface area contributed by atoms with Crippen molar-refractivity contribution in [2.45, 2.75) is 0 Å². The van der Waals surface area contributed by atoms with Gasteiger partial charge in [-0.2, -0.15) is 0 Å². The molecule has 0 fully saturated rings. The average Bonchev–Trinajstić information content (AvgIpc) is 2.75. The molecule has 86 valence electrons. The third-order valence-electron chi connectivity index (χ3n) is 2.40. The summed E-state index contributed by atoms with van der Waals surface area (Å²) in [6, 6.07) is 5.63. The lowest BCUT2D eigenvalue weighted by molar-refractivity contribution is 0.377. The summed E-state index contributed by atoms with van der Waals surface area (Å²) >= 11 is 12.0. The van der Waals surface area contributed by atoms with Gasteiger partial charge in [-0.05, 0) is 18.2 Å². The van der Waals surface area contributed by atoms with Crippen LogP contribution in [-0.2, 0) is 0 Å². The van der Waals surface area contributed by atoms with Gasteiger partial charge in [0.25, 0.3) is 0 Å². The molecule has 0 saturated carbocycles. The van der Waals surface area contributed by atoms with E-state index in [1.54, 1.807) is 22.6 Å². The molecule has 17 heavy (non-hydrogen) atoms. The fourth-order valence-electron chi connectivity index (χ4n) is 1.68. The van der Waals surface area contributed by atoms with Crippen LogP contribution in [0.2, 0.25) is 10.2 Å². The Morgan fingerprint density at radius 2 is 2.06 bits per heavy atom. The molecule has 0 unspecified atom stereocenters. The van der Waals surface area contributed by atoms with Gasteiger partial charge in [0.15, 0.2) is 5.15 Å². The molecule has 0 aliphatic heterocycles. The minimum atomic E-state index is 0.274. The molecule has 3 rings (SSSR count). The zero-order chi connectivity index (χ0) is 12.0. The summed E-state index contributed by atoms with van der Waals surface area (Å²) in [5, 5.41) is 8.67. The number of fused-ring (bicyclic) bond motifs is 3. The van der Waals surface area contributed by atoms with Gasteiger partial charge in [0, 0.05) is 5.02 Å². The zero-order valence-electron chi connectivity index (χ0n) is 8.69. The van der Waals surface area contributed by atoms with E-state index in [9.17, 15) is 0 Å². The highest BCUT2D eigenvalue weighted by molar-refractivity contribution is 6.33.